The zero-order valence-electron chi connectivity index (χ0n) is 14.1. The fourth-order valence-corrected chi connectivity index (χ4v) is 2.96. The Balaban J connectivity index is 1.70. The lowest BCUT2D eigenvalue weighted by Gasteiger charge is -2.20. The lowest BCUT2D eigenvalue weighted by atomic mass is 10.2. The van der Waals surface area contributed by atoms with Crippen molar-refractivity contribution in [2.75, 3.05) is 6.61 Å². The van der Waals surface area contributed by atoms with E-state index in [9.17, 15) is 9.18 Å². The topological polar surface area (TPSA) is 56.1 Å². The van der Waals surface area contributed by atoms with Crippen LogP contribution >= 0.6 is 34.2 Å². The minimum absolute atomic E-state index is 0.191. The van der Waals surface area contributed by atoms with Crippen LogP contribution in [0.4, 0.5) is 4.39 Å². The van der Waals surface area contributed by atoms with Gasteiger partial charge in [-0.25, -0.2) is 9.37 Å². The third kappa shape index (κ3) is 5.67. The van der Waals surface area contributed by atoms with Crippen molar-refractivity contribution in [3.8, 4) is 5.75 Å². The van der Waals surface area contributed by atoms with E-state index in [1.54, 1.807) is 29.1 Å². The highest BCUT2D eigenvalue weighted by atomic mass is 127. The van der Waals surface area contributed by atoms with Crippen LogP contribution in [-0.2, 0) is 6.54 Å². The highest BCUT2D eigenvalue weighted by molar-refractivity contribution is 14.1. The molecule has 5 nitrogen and oxygen atoms in total. The fraction of sp³-hybridized carbons (Fsp3) is 0.158. The molecule has 2 aromatic carbocycles. The van der Waals surface area contributed by atoms with Gasteiger partial charge in [-0.2, -0.15) is 0 Å². The van der Waals surface area contributed by atoms with Crippen LogP contribution < -0.4 is 10.1 Å². The summed E-state index contributed by atoms with van der Waals surface area (Å²) < 4.78 is 21.5. The predicted molar refractivity (Wildman–Crippen MR) is 110 cm³/mol. The highest BCUT2D eigenvalue weighted by Gasteiger charge is 2.17. The van der Waals surface area contributed by atoms with E-state index in [0.29, 0.717) is 23.1 Å². The average molecular weight is 500 g/mol. The van der Waals surface area contributed by atoms with Gasteiger partial charge in [0, 0.05) is 28.1 Å². The maximum Gasteiger partial charge on any atom is 0.251 e. The lowest BCUT2D eigenvalue weighted by Crippen LogP contribution is -2.42. The Kier molecular flexibility index (Phi) is 6.68. The second-order valence-corrected chi connectivity index (χ2v) is 7.37. The van der Waals surface area contributed by atoms with Gasteiger partial charge in [0.2, 0.25) is 5.28 Å². The van der Waals surface area contributed by atoms with Crippen molar-refractivity contribution in [3.05, 3.63) is 81.2 Å². The number of nitrogens with one attached hydrogen (secondary N) is 1. The number of benzene rings is 2. The van der Waals surface area contributed by atoms with E-state index < -0.39 is 0 Å². The summed E-state index contributed by atoms with van der Waals surface area (Å²) in [5, 5.41) is 3.28. The first-order valence-electron chi connectivity index (χ1n) is 8.12. The van der Waals surface area contributed by atoms with Crippen molar-refractivity contribution in [1.29, 1.82) is 0 Å². The van der Waals surface area contributed by atoms with E-state index in [1.807, 2.05) is 12.1 Å². The van der Waals surface area contributed by atoms with Gasteiger partial charge in [-0.05, 0) is 82.7 Å². The van der Waals surface area contributed by atoms with Crippen LogP contribution in [0.1, 0.15) is 10.4 Å². The Morgan fingerprint density at radius 3 is 2.56 bits per heavy atom. The first kappa shape index (κ1) is 19.6. The number of ether oxygens (including phenoxy) is 1. The number of nitrogens with zero attached hydrogens (tertiary/aromatic N) is 2. The van der Waals surface area contributed by atoms with Crippen LogP contribution in [0.3, 0.4) is 0 Å². The van der Waals surface area contributed by atoms with Crippen molar-refractivity contribution in [2.45, 2.75) is 12.6 Å². The zero-order valence-corrected chi connectivity index (χ0v) is 17.0. The smallest absolute Gasteiger partial charge is 0.251 e. The van der Waals surface area contributed by atoms with Gasteiger partial charge in [-0.3, -0.25) is 4.79 Å². The van der Waals surface area contributed by atoms with E-state index in [4.69, 9.17) is 16.3 Å². The number of aromatic nitrogens is 2. The summed E-state index contributed by atoms with van der Waals surface area (Å²) in [4.78, 5) is 16.5. The van der Waals surface area contributed by atoms with E-state index >= 15 is 0 Å². The number of halogens is 3. The molecule has 1 amide bonds. The van der Waals surface area contributed by atoms with Crippen molar-refractivity contribution in [1.82, 2.24) is 14.9 Å². The molecule has 1 heterocycles. The van der Waals surface area contributed by atoms with Gasteiger partial charge >= 0.3 is 0 Å². The number of amides is 1. The number of carbonyl (C=O) groups is 1. The molecule has 0 aliphatic heterocycles. The molecule has 1 N–H and O–H groups in total. The summed E-state index contributed by atoms with van der Waals surface area (Å²) in [5.74, 6) is -0.0342. The Bertz CT molecular complexity index is 900. The van der Waals surface area contributed by atoms with Crippen molar-refractivity contribution < 1.29 is 13.9 Å². The number of rotatable bonds is 7. The molecule has 0 saturated heterocycles. The van der Waals surface area contributed by atoms with Crippen LogP contribution in [0.5, 0.6) is 5.75 Å². The largest absolute Gasteiger partial charge is 0.491 e. The van der Waals surface area contributed by atoms with Crippen molar-refractivity contribution in [3.63, 3.8) is 0 Å². The molecule has 0 spiro atoms. The Morgan fingerprint density at radius 1 is 1.22 bits per heavy atom. The zero-order chi connectivity index (χ0) is 19.2. The second-order valence-electron chi connectivity index (χ2n) is 5.79. The van der Waals surface area contributed by atoms with Gasteiger partial charge in [0.05, 0.1) is 6.04 Å². The van der Waals surface area contributed by atoms with Gasteiger partial charge in [0.25, 0.3) is 5.91 Å². The minimum Gasteiger partial charge on any atom is -0.491 e. The molecule has 3 rings (SSSR count). The molecule has 0 aliphatic carbocycles. The molecule has 8 heteroatoms. The average Bonchev–Trinajstić information content (AvgIpc) is 3.06. The normalized spacial score (nSPS) is 11.8. The van der Waals surface area contributed by atoms with Gasteiger partial charge < -0.3 is 14.6 Å². The molecule has 0 saturated carbocycles. The number of hydrogen-bond acceptors (Lipinski definition) is 3. The third-order valence-corrected chi connectivity index (χ3v) is 4.82. The standard InChI is InChI=1S/C19H16ClFIN3O2/c20-19-23-9-10-25(19)11-16(12-27-17-7-3-14(21)4-8-17)24-18(26)13-1-5-15(22)6-2-13/h1-10,16H,11-12H2,(H,24,26). The molecule has 0 radical (unpaired) electrons. The first-order chi connectivity index (χ1) is 13.0. The number of imidazole rings is 1. The van der Waals surface area contributed by atoms with E-state index in [1.165, 1.54) is 24.3 Å². The quantitative estimate of drug-likeness (QED) is 0.497. The molecule has 1 atom stereocenters. The van der Waals surface area contributed by atoms with E-state index in [0.717, 1.165) is 3.57 Å². The molecular weight excluding hydrogens is 484 g/mol. The molecule has 0 bridgehead atoms. The summed E-state index contributed by atoms with van der Waals surface area (Å²) >= 11 is 8.23. The van der Waals surface area contributed by atoms with Gasteiger partial charge in [-0.15, -0.1) is 0 Å². The highest BCUT2D eigenvalue weighted by Crippen LogP contribution is 2.13. The molecule has 1 unspecified atom stereocenters. The Hall–Kier alpha value is -2.13. The third-order valence-electron chi connectivity index (χ3n) is 3.79. The summed E-state index contributed by atoms with van der Waals surface area (Å²) in [7, 11) is 0. The first-order valence-corrected chi connectivity index (χ1v) is 9.58. The van der Waals surface area contributed by atoms with Crippen LogP contribution in [0.15, 0.2) is 60.9 Å². The SMILES string of the molecule is O=C(NC(COc1ccc(F)cc1)Cn1ccnc1Cl)c1ccc(I)cc1. The minimum atomic E-state index is -0.367. The van der Waals surface area contributed by atoms with Gasteiger partial charge in [-0.1, -0.05) is 0 Å². The second kappa shape index (κ2) is 9.18. The Morgan fingerprint density at radius 2 is 1.93 bits per heavy atom. The van der Waals surface area contributed by atoms with Crippen LogP contribution in [0.2, 0.25) is 5.28 Å². The molecule has 0 aliphatic rings. The molecule has 0 fully saturated rings. The molecular formula is C19H16ClFIN3O2. The van der Waals surface area contributed by atoms with E-state index in [2.05, 4.69) is 32.9 Å². The molecule has 3 aromatic rings. The summed E-state index contributed by atoms with van der Waals surface area (Å²) in [6.45, 7) is 0.576. The van der Waals surface area contributed by atoms with Crippen LogP contribution in [0, 0.1) is 9.39 Å². The molecule has 27 heavy (non-hydrogen) atoms. The summed E-state index contributed by atoms with van der Waals surface area (Å²) in [5.41, 5.74) is 0.555. The molecule has 1 aromatic heterocycles. The summed E-state index contributed by atoms with van der Waals surface area (Å²) in [6.07, 6.45) is 3.31. The Labute approximate surface area is 174 Å². The van der Waals surface area contributed by atoms with Crippen LogP contribution in [0.25, 0.3) is 0 Å². The fourth-order valence-electron chi connectivity index (χ4n) is 2.42. The summed E-state index contributed by atoms with van der Waals surface area (Å²) in [6, 6.07) is 12.6. The predicted octanol–water partition coefficient (Wildman–Crippen LogP) is 4.16. The molecule has 140 valence electrons. The van der Waals surface area contributed by atoms with E-state index in [-0.39, 0.29) is 24.4 Å². The maximum absolute atomic E-state index is 13.0. The van der Waals surface area contributed by atoms with Crippen molar-refractivity contribution >= 4 is 40.1 Å². The van der Waals surface area contributed by atoms with Crippen LogP contribution in [-0.4, -0.2) is 28.1 Å². The number of carbonyl (C=O) groups excluding carboxylic acids is 1. The monoisotopic (exact) mass is 499 g/mol. The van der Waals surface area contributed by atoms with Gasteiger partial charge in [0.1, 0.15) is 18.2 Å². The number of hydrogen-bond donors (Lipinski definition) is 1. The van der Waals surface area contributed by atoms with Gasteiger partial charge in [0.15, 0.2) is 0 Å². The lowest BCUT2D eigenvalue weighted by molar-refractivity contribution is 0.0915. The maximum atomic E-state index is 13.0. The van der Waals surface area contributed by atoms with Crippen molar-refractivity contribution in [2.24, 2.45) is 0 Å².